The number of nitrogens with zero attached hydrogens (tertiary/aromatic N) is 2. The highest BCUT2D eigenvalue weighted by Crippen LogP contribution is 2.20. The van der Waals surface area contributed by atoms with Crippen molar-refractivity contribution in [3.8, 4) is 5.75 Å². The second-order valence-electron chi connectivity index (χ2n) is 7.29. The van der Waals surface area contributed by atoms with Gasteiger partial charge in [-0.15, -0.1) is 0 Å². The lowest BCUT2D eigenvalue weighted by atomic mass is 10.0. The topological polar surface area (TPSA) is 94.0 Å². The van der Waals surface area contributed by atoms with E-state index in [0.29, 0.717) is 29.9 Å². The molecule has 0 spiro atoms. The van der Waals surface area contributed by atoms with Crippen LogP contribution in [0.4, 0.5) is 0 Å². The lowest BCUT2D eigenvalue weighted by molar-refractivity contribution is -0.108. The third kappa shape index (κ3) is 6.78. The van der Waals surface area contributed by atoms with Crippen molar-refractivity contribution in [1.82, 2.24) is 15.5 Å². The van der Waals surface area contributed by atoms with E-state index in [1.165, 1.54) is 0 Å². The first-order chi connectivity index (χ1) is 15.4. The van der Waals surface area contributed by atoms with E-state index < -0.39 is 0 Å². The fourth-order valence-electron chi connectivity index (χ4n) is 3.27. The van der Waals surface area contributed by atoms with Crippen LogP contribution in [0.3, 0.4) is 0 Å². The number of benzene rings is 2. The summed E-state index contributed by atoms with van der Waals surface area (Å²) in [5.41, 5.74) is 4.05. The molecule has 0 unspecified atom stereocenters. The summed E-state index contributed by atoms with van der Waals surface area (Å²) < 4.78 is 0. The van der Waals surface area contributed by atoms with E-state index in [-0.39, 0.29) is 11.7 Å². The molecule has 0 radical (unpaired) electrons. The van der Waals surface area contributed by atoms with Crippen molar-refractivity contribution in [2.45, 2.75) is 20.8 Å². The first kappa shape index (κ1) is 24.8. The molecule has 0 aliphatic carbocycles. The summed E-state index contributed by atoms with van der Waals surface area (Å²) in [5.74, 6) is 0.0818. The number of aliphatic imine (C=N–C) groups is 1. The number of nitrogens with one attached hydrogen (secondary N) is 2. The summed E-state index contributed by atoms with van der Waals surface area (Å²) in [5, 5.41) is 15.4. The van der Waals surface area contributed by atoms with Gasteiger partial charge in [-0.1, -0.05) is 26.0 Å². The average molecular weight is 437 g/mol. The molecule has 0 heterocycles. The number of hydrogen-bond acceptors (Lipinski definition) is 5. The Bertz CT molecular complexity index is 977. The third-order valence-electron chi connectivity index (χ3n) is 5.30. The molecule has 2 aromatic rings. The zero-order valence-electron chi connectivity index (χ0n) is 19.2. The van der Waals surface area contributed by atoms with Gasteiger partial charge >= 0.3 is 0 Å². The molecule has 32 heavy (non-hydrogen) atoms. The average Bonchev–Trinajstić information content (AvgIpc) is 2.81. The Kier molecular flexibility index (Phi) is 9.63. The number of phenolic OH excluding ortho intramolecular Hbond substituents is 1. The fraction of sp³-hybridized carbons (Fsp3) is 0.320. The maximum absolute atomic E-state index is 12.4. The van der Waals surface area contributed by atoms with Crippen LogP contribution in [0, 0.1) is 6.92 Å². The minimum atomic E-state index is -0.132. The van der Waals surface area contributed by atoms with Gasteiger partial charge in [-0.25, -0.2) is 0 Å². The summed E-state index contributed by atoms with van der Waals surface area (Å²) in [6.45, 7) is 9.30. The minimum absolute atomic E-state index is 0.132. The van der Waals surface area contributed by atoms with Crippen molar-refractivity contribution in [3.63, 3.8) is 0 Å². The van der Waals surface area contributed by atoms with Gasteiger partial charge < -0.3 is 20.6 Å². The van der Waals surface area contributed by atoms with Gasteiger partial charge in [-0.2, -0.15) is 0 Å². The zero-order chi connectivity index (χ0) is 23.5. The molecule has 2 aromatic carbocycles. The number of rotatable bonds is 11. The number of phenols is 1. The number of carbonyl (C=O) groups is 2. The molecule has 0 bridgehead atoms. The number of amides is 2. The third-order valence-corrected chi connectivity index (χ3v) is 5.30. The van der Waals surface area contributed by atoms with Gasteiger partial charge in [0.1, 0.15) is 5.75 Å². The maximum atomic E-state index is 12.4. The van der Waals surface area contributed by atoms with Crippen LogP contribution in [0.25, 0.3) is 5.70 Å². The van der Waals surface area contributed by atoms with Gasteiger partial charge in [0.2, 0.25) is 6.41 Å². The lowest BCUT2D eigenvalue weighted by Gasteiger charge is -2.18. The normalized spacial score (nSPS) is 12.0. The van der Waals surface area contributed by atoms with Gasteiger partial charge in [0.15, 0.2) is 0 Å². The van der Waals surface area contributed by atoms with Gasteiger partial charge in [-0.3, -0.25) is 14.6 Å². The van der Waals surface area contributed by atoms with E-state index in [1.807, 2.05) is 13.0 Å². The largest absolute Gasteiger partial charge is 0.508 e. The van der Waals surface area contributed by atoms with Crippen molar-refractivity contribution in [2.75, 3.05) is 33.2 Å². The van der Waals surface area contributed by atoms with Gasteiger partial charge in [0.05, 0.1) is 5.71 Å². The predicted molar refractivity (Wildman–Crippen MR) is 129 cm³/mol. The quantitative estimate of drug-likeness (QED) is 0.373. The molecule has 2 amide bonds. The summed E-state index contributed by atoms with van der Waals surface area (Å²) in [6.07, 6.45) is 2.37. The van der Waals surface area contributed by atoms with Crippen molar-refractivity contribution in [3.05, 3.63) is 70.8 Å². The number of aryl methyl sites for hydroxylation is 1. The summed E-state index contributed by atoms with van der Waals surface area (Å²) in [7, 11) is 1.66. The van der Waals surface area contributed by atoms with E-state index in [1.54, 1.807) is 49.5 Å². The Morgan fingerprint density at radius 3 is 2.25 bits per heavy atom. The maximum Gasteiger partial charge on any atom is 0.251 e. The van der Waals surface area contributed by atoms with E-state index in [9.17, 15) is 14.7 Å². The smallest absolute Gasteiger partial charge is 0.251 e. The molecule has 0 saturated heterocycles. The Balaban J connectivity index is 2.18. The Morgan fingerprint density at radius 2 is 1.69 bits per heavy atom. The molecule has 0 aromatic heterocycles. The van der Waals surface area contributed by atoms with Crippen LogP contribution in [0.15, 0.2) is 53.5 Å². The molecule has 170 valence electrons. The first-order valence-electron chi connectivity index (χ1n) is 10.7. The number of hydrogen-bond donors (Lipinski definition) is 3. The summed E-state index contributed by atoms with van der Waals surface area (Å²) in [4.78, 5) is 30.2. The van der Waals surface area contributed by atoms with Crippen LogP contribution >= 0.6 is 0 Å². The van der Waals surface area contributed by atoms with Crippen LogP contribution in [0.5, 0.6) is 5.75 Å². The van der Waals surface area contributed by atoms with Gasteiger partial charge in [0.25, 0.3) is 5.91 Å². The van der Waals surface area contributed by atoms with Crippen molar-refractivity contribution < 1.29 is 14.7 Å². The summed E-state index contributed by atoms with van der Waals surface area (Å²) in [6, 6.07) is 12.3. The highest BCUT2D eigenvalue weighted by molar-refractivity contribution is 6.12. The van der Waals surface area contributed by atoms with Gasteiger partial charge in [0, 0.05) is 37.0 Å². The molecular weight excluding hydrogens is 404 g/mol. The van der Waals surface area contributed by atoms with E-state index in [2.05, 4.69) is 34.4 Å². The molecule has 2 rings (SSSR count). The highest BCUT2D eigenvalue weighted by atomic mass is 16.3. The molecule has 0 atom stereocenters. The van der Waals surface area contributed by atoms with E-state index in [4.69, 9.17) is 0 Å². The van der Waals surface area contributed by atoms with Crippen molar-refractivity contribution in [2.24, 2.45) is 4.99 Å². The molecule has 7 heteroatoms. The zero-order valence-corrected chi connectivity index (χ0v) is 19.2. The van der Waals surface area contributed by atoms with Crippen LogP contribution in [-0.4, -0.2) is 61.3 Å². The van der Waals surface area contributed by atoms with Crippen LogP contribution in [-0.2, 0) is 4.79 Å². The van der Waals surface area contributed by atoms with Crippen LogP contribution < -0.4 is 10.6 Å². The molecule has 0 aliphatic heterocycles. The van der Waals surface area contributed by atoms with Crippen LogP contribution in [0.1, 0.15) is 40.9 Å². The Labute approximate surface area is 189 Å². The van der Waals surface area contributed by atoms with E-state index in [0.717, 1.165) is 36.3 Å². The molecule has 0 fully saturated rings. The molecule has 0 aliphatic rings. The van der Waals surface area contributed by atoms with Crippen molar-refractivity contribution in [1.29, 1.82) is 0 Å². The lowest BCUT2D eigenvalue weighted by Crippen LogP contribution is -2.34. The number of carbonyl (C=O) groups excluding carboxylic acids is 2. The number of likely N-dealkylation sites (N-methyl/N-ethyl adjacent to an activating group) is 1. The second kappa shape index (κ2) is 12.4. The fourth-order valence-corrected chi connectivity index (χ4v) is 3.27. The van der Waals surface area contributed by atoms with Gasteiger partial charge in [-0.05, 0) is 67.5 Å². The Morgan fingerprint density at radius 1 is 1.06 bits per heavy atom. The summed E-state index contributed by atoms with van der Waals surface area (Å²) >= 11 is 0. The number of aromatic hydroxyl groups is 1. The monoisotopic (exact) mass is 436 g/mol. The number of allylic oxidation sites excluding steroid dienone is 1. The standard InChI is InChI=1S/C25H32N4O3/c1-5-29(6-2)14-13-27-25(32)20-9-7-19(8-10-20)23(28-17-30)16-22(26-4)21-11-12-24(31)18(3)15-21/h7-12,15-17,31H,5-6,13-14H2,1-4H3,(H,27,32)(H,28,30)/b23-16-,26-22?. The molecule has 3 N–H and O–H groups in total. The first-order valence-corrected chi connectivity index (χ1v) is 10.7. The van der Waals surface area contributed by atoms with E-state index >= 15 is 0 Å². The SMILES string of the molecule is CCN(CC)CCNC(=O)c1ccc(/C(=C/C(=NC)c2ccc(O)c(C)c2)NC=O)cc1. The second-order valence-corrected chi connectivity index (χ2v) is 7.29. The van der Waals surface area contributed by atoms with Crippen molar-refractivity contribution >= 4 is 23.7 Å². The molecule has 7 nitrogen and oxygen atoms in total. The highest BCUT2D eigenvalue weighted by Gasteiger charge is 2.10. The van der Waals surface area contributed by atoms with Crippen LogP contribution in [0.2, 0.25) is 0 Å². The molecular formula is C25H32N4O3. The minimum Gasteiger partial charge on any atom is -0.508 e. The predicted octanol–water partition coefficient (Wildman–Crippen LogP) is 2.98. The molecule has 0 saturated carbocycles. The Hall–Kier alpha value is -3.45.